The van der Waals surface area contributed by atoms with E-state index in [1.54, 1.807) is 23.3 Å². The highest BCUT2D eigenvalue weighted by Gasteiger charge is 2.50. The van der Waals surface area contributed by atoms with Gasteiger partial charge in [-0.15, -0.1) is 0 Å². The summed E-state index contributed by atoms with van der Waals surface area (Å²) < 4.78 is 8.02. The predicted octanol–water partition coefficient (Wildman–Crippen LogP) is 5.62. The van der Waals surface area contributed by atoms with Gasteiger partial charge in [0.15, 0.2) is 0 Å². The third-order valence-electron chi connectivity index (χ3n) is 6.84. The van der Waals surface area contributed by atoms with Crippen LogP contribution in [0.25, 0.3) is 10.9 Å². The molecule has 1 aliphatic carbocycles. The van der Waals surface area contributed by atoms with E-state index in [1.165, 1.54) is 5.56 Å². The van der Waals surface area contributed by atoms with E-state index in [0.717, 1.165) is 58.5 Å². The predicted molar refractivity (Wildman–Crippen MR) is 149 cm³/mol. The Balaban J connectivity index is 0.000000236. The van der Waals surface area contributed by atoms with Crippen molar-refractivity contribution >= 4 is 28.9 Å². The van der Waals surface area contributed by atoms with Gasteiger partial charge in [0.05, 0.1) is 28.4 Å². The summed E-state index contributed by atoms with van der Waals surface area (Å²) in [7, 11) is 0. The normalized spacial score (nSPS) is 13.8. The number of aryl methyl sites for hydroxylation is 2. The molecule has 0 radical (unpaired) electrons. The second-order valence-corrected chi connectivity index (χ2v) is 10.6. The molecule has 0 unspecified atom stereocenters. The third-order valence-corrected chi connectivity index (χ3v) is 6.84. The maximum absolute atomic E-state index is 11.9. The molecular weight excluding hydrogens is 478 g/mol. The van der Waals surface area contributed by atoms with Crippen molar-refractivity contribution in [2.24, 2.45) is 5.73 Å². The summed E-state index contributed by atoms with van der Waals surface area (Å²) >= 11 is 0. The number of nitrogens with one attached hydrogen (secondary N) is 1. The molecule has 5 rings (SSSR count). The van der Waals surface area contributed by atoms with Crippen LogP contribution in [-0.4, -0.2) is 27.1 Å². The van der Waals surface area contributed by atoms with Crippen LogP contribution in [0.3, 0.4) is 0 Å². The molecule has 0 atom stereocenters. The number of carbonyl (C=O) groups is 2. The van der Waals surface area contributed by atoms with Gasteiger partial charge in [-0.05, 0) is 87.9 Å². The van der Waals surface area contributed by atoms with Crippen LogP contribution in [0.2, 0.25) is 0 Å². The standard InChI is InChI=1S/C22H22N2O2.C8H13N3O/c1-3-15-4-7-19(14(2)12-15)26-20-8-11-24-18-6-5-16(13-17(18)20)22(9-10-22)21(23)25;1-8(2,3)11-5-7(4-10-11)9-6-12/h4-8,11-13H,3,9-10H2,1-2H3,(H2,23,25);4-6H,1-3H3,(H,9,12). The Morgan fingerprint density at radius 2 is 1.92 bits per heavy atom. The maximum Gasteiger partial charge on any atom is 0.228 e. The Morgan fingerprint density at radius 1 is 1.16 bits per heavy atom. The highest BCUT2D eigenvalue weighted by atomic mass is 16.5. The number of amides is 2. The van der Waals surface area contributed by atoms with Crippen molar-refractivity contribution < 1.29 is 14.3 Å². The van der Waals surface area contributed by atoms with Crippen LogP contribution in [0.15, 0.2) is 61.1 Å². The van der Waals surface area contributed by atoms with Gasteiger partial charge in [-0.1, -0.05) is 25.1 Å². The van der Waals surface area contributed by atoms with Crippen molar-refractivity contribution in [1.29, 1.82) is 0 Å². The summed E-state index contributed by atoms with van der Waals surface area (Å²) in [6.07, 6.45) is 8.42. The lowest BCUT2D eigenvalue weighted by atomic mass is 9.94. The van der Waals surface area contributed by atoms with Crippen molar-refractivity contribution in [3.63, 3.8) is 0 Å². The first-order valence-corrected chi connectivity index (χ1v) is 12.8. The fraction of sp³-hybridized carbons (Fsp3) is 0.333. The fourth-order valence-electron chi connectivity index (χ4n) is 4.31. The van der Waals surface area contributed by atoms with Gasteiger partial charge in [-0.3, -0.25) is 19.3 Å². The Bertz CT molecular complexity index is 1460. The molecule has 3 N–H and O–H groups in total. The van der Waals surface area contributed by atoms with Crippen LogP contribution in [0.5, 0.6) is 11.5 Å². The van der Waals surface area contributed by atoms with Gasteiger partial charge in [-0.25, -0.2) is 0 Å². The Labute approximate surface area is 223 Å². The molecule has 2 heterocycles. The van der Waals surface area contributed by atoms with Crippen LogP contribution in [0, 0.1) is 6.92 Å². The molecule has 4 aromatic rings. The minimum absolute atomic E-state index is 0.0389. The number of hydrogen-bond donors (Lipinski definition) is 2. The van der Waals surface area contributed by atoms with Gasteiger partial charge < -0.3 is 15.8 Å². The molecule has 1 saturated carbocycles. The molecule has 2 aromatic carbocycles. The molecular formula is C30H35N5O3. The molecule has 2 amide bonds. The highest BCUT2D eigenvalue weighted by Crippen LogP contribution is 2.49. The van der Waals surface area contributed by atoms with E-state index in [0.29, 0.717) is 6.41 Å². The summed E-state index contributed by atoms with van der Waals surface area (Å²) in [5, 5.41) is 7.54. The number of nitrogens with zero attached hydrogens (tertiary/aromatic N) is 3. The van der Waals surface area contributed by atoms with Crippen molar-refractivity contribution in [2.45, 2.75) is 64.8 Å². The first-order valence-electron chi connectivity index (χ1n) is 12.8. The number of carbonyl (C=O) groups excluding carboxylic acids is 2. The van der Waals surface area contributed by atoms with Gasteiger partial charge in [0, 0.05) is 17.8 Å². The molecule has 2 aromatic heterocycles. The van der Waals surface area contributed by atoms with Crippen LogP contribution >= 0.6 is 0 Å². The summed E-state index contributed by atoms with van der Waals surface area (Å²) in [5.74, 6) is 1.31. The number of nitrogens with two attached hydrogens (primary N) is 1. The zero-order valence-corrected chi connectivity index (χ0v) is 22.6. The lowest BCUT2D eigenvalue weighted by Crippen LogP contribution is -2.28. The van der Waals surface area contributed by atoms with Gasteiger partial charge >= 0.3 is 0 Å². The molecule has 198 valence electrons. The minimum atomic E-state index is -0.514. The quantitative estimate of drug-likeness (QED) is 0.312. The van der Waals surface area contributed by atoms with E-state index >= 15 is 0 Å². The average Bonchev–Trinajstić information content (AvgIpc) is 3.57. The number of rotatable bonds is 7. The first kappa shape index (κ1) is 26.9. The average molecular weight is 514 g/mol. The monoisotopic (exact) mass is 513 g/mol. The third kappa shape index (κ3) is 5.69. The second kappa shape index (κ2) is 10.7. The maximum atomic E-state index is 11.9. The number of benzene rings is 2. The number of pyridine rings is 1. The molecule has 0 spiro atoms. The van der Waals surface area contributed by atoms with Crippen molar-refractivity contribution in [3.05, 3.63) is 77.7 Å². The van der Waals surface area contributed by atoms with E-state index in [4.69, 9.17) is 10.5 Å². The van der Waals surface area contributed by atoms with Gasteiger partial charge in [0.25, 0.3) is 0 Å². The van der Waals surface area contributed by atoms with Crippen LogP contribution in [0.4, 0.5) is 5.69 Å². The summed E-state index contributed by atoms with van der Waals surface area (Å²) in [6, 6.07) is 14.0. The molecule has 0 saturated heterocycles. The number of ether oxygens (including phenoxy) is 1. The Kier molecular flexibility index (Phi) is 7.53. The highest BCUT2D eigenvalue weighted by molar-refractivity contribution is 5.93. The van der Waals surface area contributed by atoms with Gasteiger partial charge in [0.2, 0.25) is 12.3 Å². The number of anilines is 1. The van der Waals surface area contributed by atoms with Gasteiger partial charge in [0.1, 0.15) is 11.5 Å². The largest absolute Gasteiger partial charge is 0.456 e. The first-order chi connectivity index (χ1) is 18.1. The number of fused-ring (bicyclic) bond motifs is 1. The van der Waals surface area contributed by atoms with E-state index < -0.39 is 5.41 Å². The number of aromatic nitrogens is 3. The summed E-state index contributed by atoms with van der Waals surface area (Å²) in [4.78, 5) is 26.4. The molecule has 1 aliphatic rings. The second-order valence-electron chi connectivity index (χ2n) is 10.6. The van der Waals surface area contributed by atoms with Crippen LogP contribution in [0.1, 0.15) is 57.2 Å². The van der Waals surface area contributed by atoms with Crippen molar-refractivity contribution in [1.82, 2.24) is 14.8 Å². The molecule has 0 aliphatic heterocycles. The van der Waals surface area contributed by atoms with Crippen LogP contribution < -0.4 is 15.8 Å². The molecule has 8 nitrogen and oxygen atoms in total. The fourth-order valence-corrected chi connectivity index (χ4v) is 4.31. The SMILES string of the molecule is CC(C)(C)n1cc(NC=O)cn1.CCc1ccc(Oc2ccnc3ccc(C4(C(N)=O)CC4)cc23)c(C)c1. The zero-order chi connectivity index (χ0) is 27.5. The smallest absolute Gasteiger partial charge is 0.228 e. The van der Waals surface area contributed by atoms with E-state index in [2.05, 4.69) is 41.4 Å². The Hall–Kier alpha value is -4.20. The lowest BCUT2D eigenvalue weighted by Gasteiger charge is -2.18. The topological polar surface area (TPSA) is 112 Å². The van der Waals surface area contributed by atoms with Crippen molar-refractivity contribution in [3.8, 4) is 11.5 Å². The van der Waals surface area contributed by atoms with Crippen molar-refractivity contribution in [2.75, 3.05) is 5.32 Å². The number of hydrogen-bond acceptors (Lipinski definition) is 5. The lowest BCUT2D eigenvalue weighted by molar-refractivity contribution is -0.120. The van der Waals surface area contributed by atoms with E-state index in [-0.39, 0.29) is 11.4 Å². The molecule has 0 bridgehead atoms. The molecule has 1 fully saturated rings. The summed E-state index contributed by atoms with van der Waals surface area (Å²) in [6.45, 7) is 10.3. The van der Waals surface area contributed by atoms with Gasteiger partial charge in [-0.2, -0.15) is 5.10 Å². The molecule has 8 heteroatoms. The van der Waals surface area contributed by atoms with Crippen LogP contribution in [-0.2, 0) is 27.0 Å². The molecule has 38 heavy (non-hydrogen) atoms. The zero-order valence-electron chi connectivity index (χ0n) is 22.6. The minimum Gasteiger partial charge on any atom is -0.456 e. The summed E-state index contributed by atoms with van der Waals surface area (Å²) in [5.41, 5.74) is 9.98. The Morgan fingerprint density at radius 3 is 2.50 bits per heavy atom. The number of primary amides is 1. The van der Waals surface area contributed by atoms with E-state index in [9.17, 15) is 9.59 Å². The van der Waals surface area contributed by atoms with E-state index in [1.807, 2.05) is 51.1 Å².